The minimum absolute atomic E-state index is 0.0186. The van der Waals surface area contributed by atoms with Crippen LogP contribution >= 0.6 is 23.2 Å². The molecule has 1 aliphatic rings. The van der Waals surface area contributed by atoms with Crippen LogP contribution in [0.1, 0.15) is 11.1 Å². The van der Waals surface area contributed by atoms with Gasteiger partial charge in [-0.1, -0.05) is 47.5 Å². The maximum atomic E-state index is 12.3. The van der Waals surface area contributed by atoms with Gasteiger partial charge >= 0.3 is 6.03 Å². The molecule has 1 heterocycles. The Hall–Kier alpha value is -1.75. The van der Waals surface area contributed by atoms with Gasteiger partial charge in [0.25, 0.3) is 0 Å². The second kappa shape index (κ2) is 9.26. The summed E-state index contributed by atoms with van der Waals surface area (Å²) in [7, 11) is 0. The molecule has 2 amide bonds. The van der Waals surface area contributed by atoms with Gasteiger partial charge in [0.05, 0.1) is 0 Å². The minimum atomic E-state index is 0.0186. The standard InChI is InChI=1S/C20H23Cl2N3O/c21-18-5-1-16(2-6-18)9-10-23-20(26)25-13-11-24(12-14-25)15-17-3-7-19(22)8-4-17/h1-8H,9-15H2,(H,23,26). The molecule has 1 N–H and O–H groups in total. The lowest BCUT2D eigenvalue weighted by molar-refractivity contribution is 0.135. The zero-order valence-electron chi connectivity index (χ0n) is 14.6. The first-order chi connectivity index (χ1) is 12.6. The normalized spacial score (nSPS) is 15.1. The predicted molar refractivity (Wildman–Crippen MR) is 107 cm³/mol. The monoisotopic (exact) mass is 391 g/mol. The van der Waals surface area contributed by atoms with Gasteiger partial charge in [0.1, 0.15) is 0 Å². The molecule has 26 heavy (non-hydrogen) atoms. The number of carbonyl (C=O) groups excluding carboxylic acids is 1. The third-order valence-electron chi connectivity index (χ3n) is 4.58. The Kier molecular flexibility index (Phi) is 6.78. The zero-order valence-corrected chi connectivity index (χ0v) is 16.1. The van der Waals surface area contributed by atoms with E-state index in [-0.39, 0.29) is 6.03 Å². The molecule has 1 fully saturated rings. The van der Waals surface area contributed by atoms with Crippen molar-refractivity contribution in [2.45, 2.75) is 13.0 Å². The average Bonchev–Trinajstić information content (AvgIpc) is 2.66. The molecule has 0 radical (unpaired) electrons. The van der Waals surface area contributed by atoms with Crippen molar-refractivity contribution in [3.8, 4) is 0 Å². The van der Waals surface area contributed by atoms with Gasteiger partial charge in [-0.3, -0.25) is 4.90 Å². The first-order valence-corrected chi connectivity index (χ1v) is 9.60. The summed E-state index contributed by atoms with van der Waals surface area (Å²) in [5.41, 5.74) is 2.41. The van der Waals surface area contributed by atoms with Crippen molar-refractivity contribution >= 4 is 29.2 Å². The highest BCUT2D eigenvalue weighted by Crippen LogP contribution is 2.13. The summed E-state index contributed by atoms with van der Waals surface area (Å²) in [4.78, 5) is 16.6. The molecule has 4 nitrogen and oxygen atoms in total. The molecule has 0 aromatic heterocycles. The number of amides is 2. The van der Waals surface area contributed by atoms with E-state index in [2.05, 4.69) is 22.3 Å². The van der Waals surface area contributed by atoms with E-state index in [1.807, 2.05) is 41.3 Å². The fourth-order valence-electron chi connectivity index (χ4n) is 3.03. The van der Waals surface area contributed by atoms with Crippen LogP contribution in [0.4, 0.5) is 4.79 Å². The van der Waals surface area contributed by atoms with E-state index in [4.69, 9.17) is 23.2 Å². The number of nitrogens with one attached hydrogen (secondary N) is 1. The quantitative estimate of drug-likeness (QED) is 0.833. The van der Waals surface area contributed by atoms with Gasteiger partial charge in [0.15, 0.2) is 0 Å². The van der Waals surface area contributed by atoms with E-state index in [1.54, 1.807) is 0 Å². The lowest BCUT2D eigenvalue weighted by atomic mass is 10.1. The van der Waals surface area contributed by atoms with Crippen molar-refractivity contribution in [2.75, 3.05) is 32.7 Å². The molecular weight excluding hydrogens is 369 g/mol. The molecule has 0 atom stereocenters. The largest absolute Gasteiger partial charge is 0.338 e. The maximum absolute atomic E-state index is 12.3. The Balaban J connectivity index is 1.37. The Bertz CT molecular complexity index is 711. The van der Waals surface area contributed by atoms with E-state index in [9.17, 15) is 4.79 Å². The Morgan fingerprint density at radius 2 is 1.38 bits per heavy atom. The highest BCUT2D eigenvalue weighted by atomic mass is 35.5. The summed E-state index contributed by atoms with van der Waals surface area (Å²) in [5, 5.41) is 4.50. The van der Waals surface area contributed by atoms with Gasteiger partial charge in [0, 0.05) is 49.3 Å². The molecular formula is C20H23Cl2N3O. The van der Waals surface area contributed by atoms with E-state index in [1.165, 1.54) is 11.1 Å². The fourth-order valence-corrected chi connectivity index (χ4v) is 3.29. The van der Waals surface area contributed by atoms with Crippen molar-refractivity contribution in [1.82, 2.24) is 15.1 Å². The second-order valence-corrected chi connectivity index (χ2v) is 7.37. The molecule has 1 saturated heterocycles. The number of nitrogens with zero attached hydrogens (tertiary/aromatic N) is 2. The molecule has 0 saturated carbocycles. The number of piperazine rings is 1. The summed E-state index contributed by atoms with van der Waals surface area (Å²) in [6.07, 6.45) is 0.805. The number of benzene rings is 2. The molecule has 2 aromatic carbocycles. The number of carbonyl (C=O) groups is 1. The first-order valence-electron chi connectivity index (χ1n) is 8.84. The van der Waals surface area contributed by atoms with E-state index in [0.29, 0.717) is 6.54 Å². The van der Waals surface area contributed by atoms with Crippen LogP contribution in [0.5, 0.6) is 0 Å². The summed E-state index contributed by atoms with van der Waals surface area (Å²) in [6, 6.07) is 15.7. The Labute approximate surface area is 164 Å². The minimum Gasteiger partial charge on any atom is -0.338 e. The highest BCUT2D eigenvalue weighted by Gasteiger charge is 2.20. The SMILES string of the molecule is O=C(NCCc1ccc(Cl)cc1)N1CCN(Cc2ccc(Cl)cc2)CC1. The molecule has 0 bridgehead atoms. The molecule has 6 heteroatoms. The highest BCUT2D eigenvalue weighted by molar-refractivity contribution is 6.30. The molecule has 138 valence electrons. The van der Waals surface area contributed by atoms with Gasteiger partial charge in [-0.05, 0) is 41.8 Å². The van der Waals surface area contributed by atoms with Gasteiger partial charge in [0.2, 0.25) is 0 Å². The fraction of sp³-hybridized carbons (Fsp3) is 0.350. The number of hydrogen-bond donors (Lipinski definition) is 1. The summed E-state index contributed by atoms with van der Waals surface area (Å²) in [6.45, 7) is 4.79. The second-order valence-electron chi connectivity index (χ2n) is 6.50. The third-order valence-corrected chi connectivity index (χ3v) is 5.09. The predicted octanol–water partition coefficient (Wildman–Crippen LogP) is 4.06. The van der Waals surface area contributed by atoms with Crippen LogP contribution < -0.4 is 5.32 Å². The number of rotatable bonds is 5. The van der Waals surface area contributed by atoms with Crippen LogP contribution in [0, 0.1) is 0 Å². The van der Waals surface area contributed by atoms with Crippen molar-refractivity contribution in [3.63, 3.8) is 0 Å². The Morgan fingerprint density at radius 1 is 0.846 bits per heavy atom. The zero-order chi connectivity index (χ0) is 18.4. The van der Waals surface area contributed by atoms with Gasteiger partial charge in [-0.25, -0.2) is 4.79 Å². The summed E-state index contributed by atoms with van der Waals surface area (Å²) < 4.78 is 0. The van der Waals surface area contributed by atoms with Gasteiger partial charge < -0.3 is 10.2 Å². The van der Waals surface area contributed by atoms with Crippen LogP contribution in [-0.2, 0) is 13.0 Å². The van der Waals surface area contributed by atoms with Crippen LogP contribution in [-0.4, -0.2) is 48.6 Å². The number of urea groups is 1. The van der Waals surface area contributed by atoms with Crippen molar-refractivity contribution < 1.29 is 4.79 Å². The molecule has 0 unspecified atom stereocenters. The van der Waals surface area contributed by atoms with Gasteiger partial charge in [-0.2, -0.15) is 0 Å². The average molecular weight is 392 g/mol. The number of hydrogen-bond acceptors (Lipinski definition) is 2. The lowest BCUT2D eigenvalue weighted by Crippen LogP contribution is -2.51. The van der Waals surface area contributed by atoms with Crippen molar-refractivity contribution in [2.24, 2.45) is 0 Å². The molecule has 0 aliphatic carbocycles. The topological polar surface area (TPSA) is 35.6 Å². The lowest BCUT2D eigenvalue weighted by Gasteiger charge is -2.34. The summed E-state index contributed by atoms with van der Waals surface area (Å²) in [5.74, 6) is 0. The van der Waals surface area contributed by atoms with Gasteiger partial charge in [-0.15, -0.1) is 0 Å². The van der Waals surface area contributed by atoms with Crippen LogP contribution in [0.15, 0.2) is 48.5 Å². The summed E-state index contributed by atoms with van der Waals surface area (Å²) >= 11 is 11.8. The van der Waals surface area contributed by atoms with E-state index >= 15 is 0 Å². The molecule has 3 rings (SSSR count). The number of halogens is 2. The van der Waals surface area contributed by atoms with Crippen LogP contribution in [0.3, 0.4) is 0 Å². The van der Waals surface area contributed by atoms with E-state index in [0.717, 1.165) is 49.2 Å². The molecule has 1 aliphatic heterocycles. The van der Waals surface area contributed by atoms with Crippen molar-refractivity contribution in [3.05, 3.63) is 69.7 Å². The van der Waals surface area contributed by atoms with E-state index < -0.39 is 0 Å². The smallest absolute Gasteiger partial charge is 0.317 e. The van der Waals surface area contributed by atoms with Crippen LogP contribution in [0.2, 0.25) is 10.0 Å². The van der Waals surface area contributed by atoms with Crippen molar-refractivity contribution in [1.29, 1.82) is 0 Å². The maximum Gasteiger partial charge on any atom is 0.317 e. The Morgan fingerprint density at radius 3 is 1.96 bits per heavy atom. The third kappa shape index (κ3) is 5.63. The van der Waals surface area contributed by atoms with Crippen LogP contribution in [0.25, 0.3) is 0 Å². The molecule has 0 spiro atoms. The molecule has 2 aromatic rings. The first kappa shape index (κ1) is 19.0.